The van der Waals surface area contributed by atoms with Crippen molar-refractivity contribution in [3.05, 3.63) is 0 Å². The van der Waals surface area contributed by atoms with Crippen molar-refractivity contribution in [1.29, 1.82) is 0 Å². The van der Waals surface area contributed by atoms with Crippen molar-refractivity contribution in [2.75, 3.05) is 0 Å². The predicted molar refractivity (Wildman–Crippen MR) is 90.0 cm³/mol. The van der Waals surface area contributed by atoms with Gasteiger partial charge in [-0.2, -0.15) is 0 Å². The van der Waals surface area contributed by atoms with Crippen molar-refractivity contribution in [1.82, 2.24) is 0 Å². The molecule has 0 aliphatic heterocycles. The highest BCUT2D eigenvalue weighted by Gasteiger charge is 2.17. The second-order valence-electron chi connectivity index (χ2n) is 6.42. The van der Waals surface area contributed by atoms with E-state index in [0.717, 1.165) is 12.8 Å². The zero-order valence-electron chi connectivity index (χ0n) is 14.3. The van der Waals surface area contributed by atoms with E-state index < -0.39 is 18.2 Å². The maximum atomic E-state index is 10.4. The molecule has 0 fully saturated rings. The molecule has 0 aromatic carbocycles. The highest BCUT2D eigenvalue weighted by molar-refractivity contribution is 5.71. The zero-order valence-corrected chi connectivity index (χ0v) is 14.3. The van der Waals surface area contributed by atoms with Crippen LogP contribution < -0.4 is 0 Å². The molecule has 0 radical (unpaired) electrons. The van der Waals surface area contributed by atoms with E-state index in [9.17, 15) is 9.90 Å². The van der Waals surface area contributed by atoms with Gasteiger partial charge in [-0.15, -0.1) is 0 Å². The molecule has 0 spiro atoms. The van der Waals surface area contributed by atoms with E-state index in [1.165, 1.54) is 64.2 Å². The van der Waals surface area contributed by atoms with E-state index in [2.05, 4.69) is 6.92 Å². The zero-order chi connectivity index (χ0) is 16.6. The molecule has 0 aromatic heterocycles. The van der Waals surface area contributed by atoms with Gasteiger partial charge in [0.15, 0.2) is 6.10 Å². The van der Waals surface area contributed by atoms with Gasteiger partial charge in [-0.1, -0.05) is 84.0 Å². The van der Waals surface area contributed by atoms with Crippen LogP contribution in [0.3, 0.4) is 0 Å². The lowest BCUT2D eigenvalue weighted by Gasteiger charge is -2.12. The van der Waals surface area contributed by atoms with Gasteiger partial charge in [0.25, 0.3) is 0 Å². The number of aliphatic carboxylic acids is 1. The summed E-state index contributed by atoms with van der Waals surface area (Å²) in [7, 11) is 0. The van der Waals surface area contributed by atoms with Gasteiger partial charge in [0.1, 0.15) is 0 Å². The minimum absolute atomic E-state index is 0.0621. The van der Waals surface area contributed by atoms with Crippen molar-refractivity contribution in [3.8, 4) is 0 Å². The molecular formula is C18H36O4. The van der Waals surface area contributed by atoms with Gasteiger partial charge in [-0.3, -0.25) is 0 Å². The molecule has 0 amide bonds. The third-order valence-corrected chi connectivity index (χ3v) is 4.17. The number of hydrogen-bond acceptors (Lipinski definition) is 3. The highest BCUT2D eigenvalue weighted by Crippen LogP contribution is 2.14. The Labute approximate surface area is 135 Å². The van der Waals surface area contributed by atoms with Gasteiger partial charge in [0, 0.05) is 6.42 Å². The first-order valence-corrected chi connectivity index (χ1v) is 9.16. The van der Waals surface area contributed by atoms with Crippen molar-refractivity contribution >= 4 is 5.97 Å². The van der Waals surface area contributed by atoms with E-state index in [1.807, 2.05) is 0 Å². The molecule has 132 valence electrons. The Bertz CT molecular complexity index is 255. The molecule has 0 bridgehead atoms. The van der Waals surface area contributed by atoms with Crippen LogP contribution in [0.25, 0.3) is 0 Å². The minimum atomic E-state index is -1.44. The maximum Gasteiger partial charge on any atom is 0.332 e. The number of hydrogen-bond donors (Lipinski definition) is 3. The number of carboxylic acids is 1. The number of aliphatic hydroxyl groups excluding tert-OH is 2. The second-order valence-corrected chi connectivity index (χ2v) is 6.42. The Hall–Kier alpha value is -0.610. The SMILES string of the molecule is CCCCCCCCCCCCCCC(O)CC(O)C(=O)O. The maximum absolute atomic E-state index is 10.4. The fourth-order valence-corrected chi connectivity index (χ4v) is 2.70. The van der Waals surface area contributed by atoms with Crippen LogP contribution in [-0.2, 0) is 4.79 Å². The lowest BCUT2D eigenvalue weighted by Crippen LogP contribution is -2.25. The normalized spacial score (nSPS) is 14.0. The summed E-state index contributed by atoms with van der Waals surface area (Å²) in [4.78, 5) is 10.4. The molecule has 0 saturated carbocycles. The van der Waals surface area contributed by atoms with Crippen molar-refractivity contribution < 1.29 is 20.1 Å². The average Bonchev–Trinajstić information content (AvgIpc) is 2.48. The molecule has 0 saturated heterocycles. The van der Waals surface area contributed by atoms with E-state index >= 15 is 0 Å². The standard InChI is InChI=1S/C18H36O4/c1-2-3-4-5-6-7-8-9-10-11-12-13-14-16(19)15-17(20)18(21)22/h16-17,19-20H,2-15H2,1H3,(H,21,22). The molecule has 4 nitrogen and oxygen atoms in total. The van der Waals surface area contributed by atoms with Gasteiger partial charge < -0.3 is 15.3 Å². The molecule has 3 N–H and O–H groups in total. The van der Waals surface area contributed by atoms with Crippen LogP contribution in [0.4, 0.5) is 0 Å². The summed E-state index contributed by atoms with van der Waals surface area (Å²) in [5.41, 5.74) is 0. The van der Waals surface area contributed by atoms with Crippen LogP contribution in [-0.4, -0.2) is 33.5 Å². The Morgan fingerprint density at radius 2 is 1.18 bits per heavy atom. The van der Waals surface area contributed by atoms with Crippen LogP contribution in [0.15, 0.2) is 0 Å². The molecule has 0 aliphatic carbocycles. The summed E-state index contributed by atoms with van der Waals surface area (Å²) in [6.07, 6.45) is 13.6. The number of rotatable bonds is 16. The van der Waals surface area contributed by atoms with Gasteiger partial charge in [-0.25, -0.2) is 4.79 Å². The third kappa shape index (κ3) is 14.3. The summed E-state index contributed by atoms with van der Waals surface area (Å²) < 4.78 is 0. The van der Waals surface area contributed by atoms with E-state index in [1.54, 1.807) is 0 Å². The summed E-state index contributed by atoms with van der Waals surface area (Å²) >= 11 is 0. The summed E-state index contributed by atoms with van der Waals surface area (Å²) in [6.45, 7) is 2.24. The summed E-state index contributed by atoms with van der Waals surface area (Å²) in [5, 5.41) is 27.3. The fourth-order valence-electron chi connectivity index (χ4n) is 2.70. The molecule has 22 heavy (non-hydrogen) atoms. The topological polar surface area (TPSA) is 77.8 Å². The first-order valence-electron chi connectivity index (χ1n) is 9.16. The molecule has 0 aromatic rings. The predicted octanol–water partition coefficient (Wildman–Crippen LogP) is 4.27. The monoisotopic (exact) mass is 316 g/mol. The van der Waals surface area contributed by atoms with Gasteiger partial charge in [0.2, 0.25) is 0 Å². The third-order valence-electron chi connectivity index (χ3n) is 4.17. The van der Waals surface area contributed by atoms with Crippen LogP contribution >= 0.6 is 0 Å². The van der Waals surface area contributed by atoms with Crippen molar-refractivity contribution in [3.63, 3.8) is 0 Å². The van der Waals surface area contributed by atoms with Crippen molar-refractivity contribution in [2.24, 2.45) is 0 Å². The second kappa shape index (κ2) is 15.3. The minimum Gasteiger partial charge on any atom is -0.479 e. The molecule has 4 heteroatoms. The Morgan fingerprint density at radius 1 is 0.773 bits per heavy atom. The lowest BCUT2D eigenvalue weighted by molar-refractivity contribution is -0.148. The first kappa shape index (κ1) is 21.4. The number of carbonyl (C=O) groups is 1. The lowest BCUT2D eigenvalue weighted by atomic mass is 10.0. The molecule has 0 heterocycles. The van der Waals surface area contributed by atoms with E-state index in [0.29, 0.717) is 6.42 Å². The van der Waals surface area contributed by atoms with Gasteiger partial charge in [-0.05, 0) is 6.42 Å². The van der Waals surface area contributed by atoms with E-state index in [4.69, 9.17) is 10.2 Å². The van der Waals surface area contributed by atoms with Crippen LogP contribution in [0.2, 0.25) is 0 Å². The first-order chi connectivity index (χ1) is 10.6. The van der Waals surface area contributed by atoms with E-state index in [-0.39, 0.29) is 6.42 Å². The van der Waals surface area contributed by atoms with Gasteiger partial charge >= 0.3 is 5.97 Å². The number of unbranched alkanes of at least 4 members (excludes halogenated alkanes) is 11. The van der Waals surface area contributed by atoms with Crippen molar-refractivity contribution in [2.45, 2.75) is 109 Å². The summed E-state index contributed by atoms with van der Waals surface area (Å²) in [5.74, 6) is -1.26. The molecule has 0 aliphatic rings. The van der Waals surface area contributed by atoms with Crippen LogP contribution in [0.5, 0.6) is 0 Å². The Morgan fingerprint density at radius 3 is 1.59 bits per heavy atom. The summed E-state index contributed by atoms with van der Waals surface area (Å²) in [6, 6.07) is 0. The Balaban J connectivity index is 3.21. The van der Waals surface area contributed by atoms with Crippen LogP contribution in [0.1, 0.15) is 96.8 Å². The average molecular weight is 316 g/mol. The smallest absolute Gasteiger partial charge is 0.332 e. The molecule has 0 rings (SSSR count). The number of carboxylic acid groups (broad SMARTS) is 1. The molecule has 2 atom stereocenters. The highest BCUT2D eigenvalue weighted by atomic mass is 16.4. The quantitative estimate of drug-likeness (QED) is 0.371. The molecule has 2 unspecified atom stereocenters. The molecular weight excluding hydrogens is 280 g/mol. The van der Waals surface area contributed by atoms with Gasteiger partial charge in [0.05, 0.1) is 6.10 Å². The largest absolute Gasteiger partial charge is 0.479 e. The van der Waals surface area contributed by atoms with Crippen LogP contribution in [0, 0.1) is 0 Å². The number of aliphatic hydroxyl groups is 2. The Kier molecular flexibility index (Phi) is 14.9. The fraction of sp³-hybridized carbons (Fsp3) is 0.944.